The average molecular weight is 295 g/mol. The third-order valence-corrected chi connectivity index (χ3v) is 3.26. The Morgan fingerprint density at radius 3 is 2.32 bits per heavy atom. The summed E-state index contributed by atoms with van der Waals surface area (Å²) in [5, 5.41) is 24.7. The van der Waals surface area contributed by atoms with Crippen molar-refractivity contribution in [2.45, 2.75) is 32.7 Å². The third kappa shape index (κ3) is 3.30. The molecule has 0 saturated heterocycles. The van der Waals surface area contributed by atoms with Crippen LogP contribution in [-0.2, 0) is 13.0 Å². The van der Waals surface area contributed by atoms with E-state index in [2.05, 4.69) is 44.6 Å². The second kappa shape index (κ2) is 6.38. The molecule has 1 aromatic carbocycles. The van der Waals surface area contributed by atoms with E-state index in [0.29, 0.717) is 30.5 Å². The average Bonchev–Trinajstić information content (AvgIpc) is 3.04. The molecule has 3 rings (SSSR count). The van der Waals surface area contributed by atoms with E-state index in [1.54, 1.807) is 4.68 Å². The van der Waals surface area contributed by atoms with Gasteiger partial charge in [0.05, 0.1) is 5.69 Å². The van der Waals surface area contributed by atoms with Crippen LogP contribution in [0.3, 0.4) is 0 Å². The van der Waals surface area contributed by atoms with Crippen LogP contribution in [0.4, 0.5) is 0 Å². The van der Waals surface area contributed by atoms with E-state index >= 15 is 0 Å². The van der Waals surface area contributed by atoms with Crippen LogP contribution in [0.5, 0.6) is 0 Å². The van der Waals surface area contributed by atoms with Crippen molar-refractivity contribution >= 4 is 0 Å². The Hall–Kier alpha value is -2.70. The monoisotopic (exact) mass is 295 g/mol. The van der Waals surface area contributed by atoms with Gasteiger partial charge in [0.1, 0.15) is 0 Å². The van der Waals surface area contributed by atoms with Crippen LogP contribution in [0.25, 0.3) is 11.4 Å². The van der Waals surface area contributed by atoms with Gasteiger partial charge in [-0.15, -0.1) is 25.5 Å². The maximum absolute atomic E-state index is 4.13. The van der Waals surface area contributed by atoms with Gasteiger partial charge >= 0.3 is 0 Å². The number of benzene rings is 1. The largest absolute Gasteiger partial charge is 0.252 e. The van der Waals surface area contributed by atoms with Crippen molar-refractivity contribution in [1.82, 2.24) is 35.4 Å². The van der Waals surface area contributed by atoms with E-state index in [4.69, 9.17) is 0 Å². The molecule has 2 heterocycles. The van der Waals surface area contributed by atoms with Gasteiger partial charge in [-0.25, -0.2) is 0 Å². The number of nitrogens with zero attached hydrogens (tertiary/aromatic N) is 7. The van der Waals surface area contributed by atoms with Gasteiger partial charge in [-0.1, -0.05) is 49.4 Å². The van der Waals surface area contributed by atoms with Crippen molar-refractivity contribution in [3.63, 3.8) is 0 Å². The van der Waals surface area contributed by atoms with Gasteiger partial charge in [0.2, 0.25) is 5.82 Å². The van der Waals surface area contributed by atoms with Crippen molar-refractivity contribution in [1.29, 1.82) is 0 Å². The fourth-order valence-electron chi connectivity index (χ4n) is 1.95. The first kappa shape index (κ1) is 14.2. The van der Waals surface area contributed by atoms with E-state index in [0.717, 1.165) is 11.3 Å². The smallest absolute Gasteiger partial charge is 0.203 e. The molecular formula is C15H17N7. The van der Waals surface area contributed by atoms with Crippen LogP contribution in [0, 0.1) is 0 Å². The van der Waals surface area contributed by atoms with Gasteiger partial charge in [-0.3, -0.25) is 4.68 Å². The number of hydrogen-bond donors (Lipinski definition) is 0. The molecule has 22 heavy (non-hydrogen) atoms. The van der Waals surface area contributed by atoms with Crippen molar-refractivity contribution in [3.8, 4) is 11.4 Å². The first-order valence-corrected chi connectivity index (χ1v) is 7.24. The summed E-state index contributed by atoms with van der Waals surface area (Å²) in [5.41, 5.74) is 1.89. The van der Waals surface area contributed by atoms with Crippen LogP contribution >= 0.6 is 0 Å². The minimum Gasteiger partial charge on any atom is -0.252 e. The molecule has 0 bridgehead atoms. The van der Waals surface area contributed by atoms with Gasteiger partial charge in [0, 0.05) is 24.7 Å². The minimum atomic E-state index is 0.374. The lowest BCUT2D eigenvalue weighted by Gasteiger charge is -2.01. The minimum absolute atomic E-state index is 0.374. The highest BCUT2D eigenvalue weighted by Gasteiger charge is 2.07. The molecule has 0 aliphatic rings. The van der Waals surface area contributed by atoms with E-state index in [1.807, 2.05) is 36.5 Å². The molecule has 0 radical (unpaired) electrons. The standard InChI is InChI=1S/C15H17N7/c1-11(2)13-10-22(21-16-13)9-8-14-17-19-15(20-18-14)12-6-4-3-5-7-12/h3-7,10-11H,8-9H2,1-2H3. The summed E-state index contributed by atoms with van der Waals surface area (Å²) in [6.45, 7) is 4.84. The topological polar surface area (TPSA) is 82.3 Å². The van der Waals surface area contributed by atoms with Crippen LogP contribution in [0.15, 0.2) is 36.5 Å². The summed E-state index contributed by atoms with van der Waals surface area (Å²) in [5.74, 6) is 1.51. The van der Waals surface area contributed by atoms with Crippen molar-refractivity contribution in [3.05, 3.63) is 48.0 Å². The molecule has 7 nitrogen and oxygen atoms in total. The molecule has 112 valence electrons. The van der Waals surface area contributed by atoms with Crippen LogP contribution in [-0.4, -0.2) is 35.4 Å². The Labute approximate surface area is 128 Å². The number of aryl methyl sites for hydroxylation is 2. The Kier molecular flexibility index (Phi) is 4.13. The molecule has 0 aliphatic carbocycles. The van der Waals surface area contributed by atoms with Crippen molar-refractivity contribution < 1.29 is 0 Å². The zero-order chi connectivity index (χ0) is 15.4. The fraction of sp³-hybridized carbons (Fsp3) is 0.333. The predicted octanol–water partition coefficient (Wildman–Crippen LogP) is 1.89. The Bertz CT molecular complexity index is 719. The molecule has 0 fully saturated rings. The predicted molar refractivity (Wildman–Crippen MR) is 80.9 cm³/mol. The van der Waals surface area contributed by atoms with E-state index < -0.39 is 0 Å². The highest BCUT2D eigenvalue weighted by molar-refractivity contribution is 5.52. The summed E-state index contributed by atoms with van der Waals surface area (Å²) < 4.78 is 1.80. The lowest BCUT2D eigenvalue weighted by molar-refractivity contribution is 0.567. The summed E-state index contributed by atoms with van der Waals surface area (Å²) in [6, 6.07) is 9.68. The van der Waals surface area contributed by atoms with Gasteiger partial charge < -0.3 is 0 Å². The molecular weight excluding hydrogens is 278 g/mol. The normalized spacial score (nSPS) is 11.0. The molecule has 0 N–H and O–H groups in total. The lowest BCUT2D eigenvalue weighted by atomic mass is 10.2. The SMILES string of the molecule is CC(C)c1cn(CCc2nnc(-c3ccccc3)nn2)nn1. The van der Waals surface area contributed by atoms with Crippen LogP contribution < -0.4 is 0 Å². The molecule has 0 amide bonds. The number of aromatic nitrogens is 7. The highest BCUT2D eigenvalue weighted by atomic mass is 15.4. The summed E-state index contributed by atoms with van der Waals surface area (Å²) in [4.78, 5) is 0. The molecule has 2 aromatic heterocycles. The van der Waals surface area contributed by atoms with E-state index in [-0.39, 0.29) is 0 Å². The lowest BCUT2D eigenvalue weighted by Crippen LogP contribution is -2.08. The van der Waals surface area contributed by atoms with Gasteiger partial charge in [0.25, 0.3) is 0 Å². The van der Waals surface area contributed by atoms with E-state index in [1.165, 1.54) is 0 Å². The molecule has 3 aromatic rings. The Morgan fingerprint density at radius 1 is 0.955 bits per heavy atom. The van der Waals surface area contributed by atoms with Crippen LogP contribution in [0.1, 0.15) is 31.3 Å². The van der Waals surface area contributed by atoms with Crippen molar-refractivity contribution in [2.75, 3.05) is 0 Å². The first-order chi connectivity index (χ1) is 10.7. The maximum Gasteiger partial charge on any atom is 0.203 e. The molecule has 0 unspecified atom stereocenters. The van der Waals surface area contributed by atoms with E-state index in [9.17, 15) is 0 Å². The maximum atomic E-state index is 4.13. The third-order valence-electron chi connectivity index (χ3n) is 3.26. The Balaban J connectivity index is 1.63. The van der Waals surface area contributed by atoms with Gasteiger partial charge in [-0.2, -0.15) is 0 Å². The fourth-order valence-corrected chi connectivity index (χ4v) is 1.95. The molecule has 0 aliphatic heterocycles. The molecule has 0 atom stereocenters. The van der Waals surface area contributed by atoms with Gasteiger partial charge in [-0.05, 0) is 5.92 Å². The van der Waals surface area contributed by atoms with Crippen LogP contribution in [0.2, 0.25) is 0 Å². The van der Waals surface area contributed by atoms with Gasteiger partial charge in [0.15, 0.2) is 5.82 Å². The first-order valence-electron chi connectivity index (χ1n) is 7.24. The molecule has 0 saturated carbocycles. The molecule has 0 spiro atoms. The summed E-state index contributed by atoms with van der Waals surface area (Å²) in [6.07, 6.45) is 2.57. The number of hydrogen-bond acceptors (Lipinski definition) is 6. The zero-order valence-electron chi connectivity index (χ0n) is 12.6. The second-order valence-corrected chi connectivity index (χ2v) is 5.32. The highest BCUT2D eigenvalue weighted by Crippen LogP contribution is 2.11. The summed E-state index contributed by atoms with van der Waals surface area (Å²) >= 11 is 0. The zero-order valence-corrected chi connectivity index (χ0v) is 12.6. The Morgan fingerprint density at radius 2 is 1.68 bits per heavy atom. The van der Waals surface area contributed by atoms with Crippen molar-refractivity contribution in [2.24, 2.45) is 0 Å². The summed E-state index contributed by atoms with van der Waals surface area (Å²) in [7, 11) is 0. The number of rotatable bonds is 5. The quantitative estimate of drug-likeness (QED) is 0.715. The second-order valence-electron chi connectivity index (χ2n) is 5.32. The molecule has 7 heteroatoms.